The Hall–Kier alpha value is -0.630. The first kappa shape index (κ1) is 7.99. The van der Waals surface area contributed by atoms with Gasteiger partial charge >= 0.3 is 0 Å². The molecule has 0 aliphatic heterocycles. The molecule has 0 aromatic carbocycles. The average molecular weight is 186 g/mol. The summed E-state index contributed by atoms with van der Waals surface area (Å²) in [6, 6.07) is 1.49. The van der Waals surface area contributed by atoms with Gasteiger partial charge in [-0.3, -0.25) is 4.98 Å². The molecule has 1 heterocycles. The van der Waals surface area contributed by atoms with Crippen LogP contribution in [0.5, 0.6) is 0 Å². The van der Waals surface area contributed by atoms with Gasteiger partial charge in [0.05, 0.1) is 10.7 Å². The molecule has 1 aromatic heterocycles. The van der Waals surface area contributed by atoms with E-state index < -0.39 is 0 Å². The minimum Gasteiger partial charge on any atom is -0.258 e. The molecule has 12 heavy (non-hydrogen) atoms. The number of hydrogen-bond donors (Lipinski definition) is 0. The summed E-state index contributed by atoms with van der Waals surface area (Å²) >= 11 is 5.62. The molecule has 1 aromatic rings. The number of nitrogens with zero attached hydrogens (tertiary/aromatic N) is 1. The first-order chi connectivity index (χ1) is 5.79. The first-order valence-corrected chi connectivity index (χ1v) is 4.46. The Morgan fingerprint density at radius 3 is 2.83 bits per heavy atom. The zero-order valence-corrected chi connectivity index (χ0v) is 7.31. The number of pyridine rings is 1. The van der Waals surface area contributed by atoms with Gasteiger partial charge in [-0.25, -0.2) is 4.39 Å². The average Bonchev–Trinajstić information content (AvgIpc) is 1.95. The summed E-state index contributed by atoms with van der Waals surface area (Å²) in [6.45, 7) is 0. The fraction of sp³-hybridized carbons (Fsp3) is 0.444. The zero-order valence-electron chi connectivity index (χ0n) is 6.56. The quantitative estimate of drug-likeness (QED) is 0.655. The van der Waals surface area contributed by atoms with E-state index >= 15 is 0 Å². The van der Waals surface area contributed by atoms with E-state index in [2.05, 4.69) is 4.98 Å². The van der Waals surface area contributed by atoms with Gasteiger partial charge in [0.1, 0.15) is 0 Å². The summed E-state index contributed by atoms with van der Waals surface area (Å²) in [5.74, 6) is -0.0208. The van der Waals surface area contributed by atoms with Crippen LogP contribution in [0.1, 0.15) is 30.9 Å². The third-order valence-electron chi connectivity index (χ3n) is 2.36. The predicted molar refractivity (Wildman–Crippen MR) is 45.8 cm³/mol. The van der Waals surface area contributed by atoms with E-state index in [1.165, 1.54) is 12.5 Å². The van der Waals surface area contributed by atoms with Crippen molar-refractivity contribution in [3.8, 4) is 0 Å². The van der Waals surface area contributed by atoms with Crippen LogP contribution < -0.4 is 0 Å². The molecule has 1 saturated carbocycles. The maximum atomic E-state index is 13.3. The van der Waals surface area contributed by atoms with E-state index in [4.69, 9.17) is 11.6 Å². The molecule has 3 heteroatoms. The van der Waals surface area contributed by atoms with Gasteiger partial charge in [0.25, 0.3) is 0 Å². The summed E-state index contributed by atoms with van der Waals surface area (Å²) in [5, 5.41) is 0.187. The highest BCUT2D eigenvalue weighted by Gasteiger charge is 2.24. The maximum Gasteiger partial charge on any atom is 0.163 e. The molecule has 0 bridgehead atoms. The lowest BCUT2D eigenvalue weighted by Crippen LogP contribution is -2.12. The molecule has 0 unspecified atom stereocenters. The summed E-state index contributed by atoms with van der Waals surface area (Å²) in [7, 11) is 0. The molecule has 0 radical (unpaired) electrons. The molecule has 1 fully saturated rings. The molecular weight excluding hydrogens is 177 g/mol. The number of halogens is 2. The molecule has 64 valence electrons. The van der Waals surface area contributed by atoms with Crippen LogP contribution in [0.25, 0.3) is 0 Å². The van der Waals surface area contributed by atoms with E-state index in [0.29, 0.717) is 11.6 Å². The molecule has 1 aliphatic rings. The van der Waals surface area contributed by atoms with Gasteiger partial charge in [-0.2, -0.15) is 0 Å². The van der Waals surface area contributed by atoms with Crippen LogP contribution >= 0.6 is 11.6 Å². The van der Waals surface area contributed by atoms with Crippen molar-refractivity contribution in [1.29, 1.82) is 0 Å². The predicted octanol–water partition coefficient (Wildman–Crippen LogP) is 3.14. The van der Waals surface area contributed by atoms with Gasteiger partial charge in [-0.15, -0.1) is 0 Å². The van der Waals surface area contributed by atoms with Crippen molar-refractivity contribution >= 4 is 11.6 Å². The first-order valence-electron chi connectivity index (χ1n) is 4.09. The number of rotatable bonds is 1. The van der Waals surface area contributed by atoms with Gasteiger partial charge < -0.3 is 0 Å². The van der Waals surface area contributed by atoms with Crippen LogP contribution in [0, 0.1) is 5.82 Å². The fourth-order valence-electron chi connectivity index (χ4n) is 1.40. The molecule has 1 aliphatic carbocycles. The summed E-state index contributed by atoms with van der Waals surface area (Å²) in [5.41, 5.74) is 0.550. The van der Waals surface area contributed by atoms with Crippen LogP contribution in [0.4, 0.5) is 4.39 Å². The van der Waals surface area contributed by atoms with Crippen LogP contribution in [-0.4, -0.2) is 4.98 Å². The number of aromatic nitrogens is 1. The Labute approximate surface area is 75.6 Å². The topological polar surface area (TPSA) is 12.9 Å². The molecule has 0 saturated heterocycles. The third kappa shape index (κ3) is 1.20. The maximum absolute atomic E-state index is 13.3. The van der Waals surface area contributed by atoms with E-state index in [-0.39, 0.29) is 10.8 Å². The second-order valence-corrected chi connectivity index (χ2v) is 3.53. The van der Waals surface area contributed by atoms with E-state index in [1.54, 1.807) is 6.20 Å². The van der Waals surface area contributed by atoms with Gasteiger partial charge in [0, 0.05) is 12.1 Å². The molecule has 0 spiro atoms. The molecule has 0 N–H and O–H groups in total. The van der Waals surface area contributed by atoms with Gasteiger partial charge in [-0.05, 0) is 18.9 Å². The molecule has 0 atom stereocenters. The number of hydrogen-bond acceptors (Lipinski definition) is 1. The summed E-state index contributed by atoms with van der Waals surface area (Å²) in [6.07, 6.45) is 4.84. The molecule has 0 amide bonds. The van der Waals surface area contributed by atoms with Crippen LogP contribution in [0.3, 0.4) is 0 Å². The van der Waals surface area contributed by atoms with Gasteiger partial charge in [-0.1, -0.05) is 18.0 Å². The smallest absolute Gasteiger partial charge is 0.163 e. The lowest BCUT2D eigenvalue weighted by atomic mass is 9.82. The van der Waals surface area contributed by atoms with Crippen LogP contribution in [-0.2, 0) is 0 Å². The van der Waals surface area contributed by atoms with Crippen molar-refractivity contribution in [2.24, 2.45) is 0 Å². The highest BCUT2D eigenvalue weighted by atomic mass is 35.5. The standard InChI is InChI=1S/C9H9ClFN/c10-7-4-5-12-9(8(7)11)6-2-1-3-6/h4-6H,1-3H2. The Balaban J connectivity index is 2.36. The van der Waals surface area contributed by atoms with Crippen molar-refractivity contribution in [1.82, 2.24) is 4.98 Å². The zero-order chi connectivity index (χ0) is 8.55. The Morgan fingerprint density at radius 1 is 1.50 bits per heavy atom. The van der Waals surface area contributed by atoms with Crippen LogP contribution in [0.2, 0.25) is 5.02 Å². The molecule has 2 rings (SSSR count). The van der Waals surface area contributed by atoms with Gasteiger partial charge in [0.15, 0.2) is 5.82 Å². The highest BCUT2D eigenvalue weighted by Crippen LogP contribution is 2.37. The fourth-order valence-corrected chi connectivity index (χ4v) is 1.55. The molecule has 1 nitrogen and oxygen atoms in total. The highest BCUT2D eigenvalue weighted by molar-refractivity contribution is 6.30. The van der Waals surface area contributed by atoms with Crippen molar-refractivity contribution < 1.29 is 4.39 Å². The van der Waals surface area contributed by atoms with E-state index in [1.807, 2.05) is 0 Å². The second kappa shape index (κ2) is 3.02. The van der Waals surface area contributed by atoms with Crippen molar-refractivity contribution in [2.75, 3.05) is 0 Å². The minimum absolute atomic E-state index is 0.187. The normalized spacial score (nSPS) is 17.5. The van der Waals surface area contributed by atoms with Crippen molar-refractivity contribution in [3.63, 3.8) is 0 Å². The van der Waals surface area contributed by atoms with Crippen LogP contribution in [0.15, 0.2) is 12.3 Å². The monoisotopic (exact) mass is 185 g/mol. The second-order valence-electron chi connectivity index (χ2n) is 3.12. The van der Waals surface area contributed by atoms with Gasteiger partial charge in [0.2, 0.25) is 0 Å². The Bertz CT molecular complexity index is 297. The van der Waals surface area contributed by atoms with E-state index in [0.717, 1.165) is 12.8 Å². The summed E-state index contributed by atoms with van der Waals surface area (Å²) < 4.78 is 13.3. The minimum atomic E-state index is -0.330. The van der Waals surface area contributed by atoms with Crippen molar-refractivity contribution in [3.05, 3.63) is 28.8 Å². The Kier molecular flexibility index (Phi) is 2.01. The molecular formula is C9H9ClFN. The largest absolute Gasteiger partial charge is 0.258 e. The third-order valence-corrected chi connectivity index (χ3v) is 2.65. The Morgan fingerprint density at radius 2 is 2.25 bits per heavy atom. The van der Waals surface area contributed by atoms with Crippen molar-refractivity contribution in [2.45, 2.75) is 25.2 Å². The van der Waals surface area contributed by atoms with E-state index in [9.17, 15) is 4.39 Å². The lowest BCUT2D eigenvalue weighted by molar-refractivity contribution is 0.394. The lowest BCUT2D eigenvalue weighted by Gasteiger charge is -2.24. The summed E-state index contributed by atoms with van der Waals surface area (Å²) in [4.78, 5) is 4.00. The SMILES string of the molecule is Fc1c(Cl)ccnc1C1CCC1.